The van der Waals surface area contributed by atoms with Crippen molar-refractivity contribution in [2.45, 2.75) is 57.8 Å². The minimum atomic E-state index is -0.166. The molecule has 1 aliphatic heterocycles. The van der Waals surface area contributed by atoms with Crippen LogP contribution in [0.4, 0.5) is 0 Å². The van der Waals surface area contributed by atoms with Gasteiger partial charge in [-0.15, -0.1) is 0 Å². The summed E-state index contributed by atoms with van der Waals surface area (Å²) in [6.45, 7) is 2.52. The lowest BCUT2D eigenvalue weighted by Gasteiger charge is -2.46. The number of hydrogen-bond acceptors (Lipinski definition) is 2. The molecule has 2 saturated carbocycles. The van der Waals surface area contributed by atoms with E-state index in [4.69, 9.17) is 5.73 Å². The van der Waals surface area contributed by atoms with Crippen molar-refractivity contribution in [2.75, 3.05) is 19.6 Å². The second kappa shape index (κ2) is 4.52. The zero-order valence-electron chi connectivity index (χ0n) is 11.4. The predicted molar refractivity (Wildman–Crippen MR) is 72.1 cm³/mol. The molecule has 3 fully saturated rings. The van der Waals surface area contributed by atoms with E-state index in [1.54, 1.807) is 0 Å². The molecule has 18 heavy (non-hydrogen) atoms. The second-order valence-corrected chi connectivity index (χ2v) is 6.84. The zero-order chi connectivity index (χ0) is 12.6. The highest BCUT2D eigenvalue weighted by molar-refractivity contribution is 5.84. The Bertz CT molecular complexity index is 314. The normalized spacial score (nSPS) is 29.3. The topological polar surface area (TPSA) is 46.3 Å². The molecule has 0 bridgehead atoms. The fraction of sp³-hybridized carbons (Fsp3) is 0.933. The smallest absolute Gasteiger partial charge is 0.230 e. The van der Waals surface area contributed by atoms with Gasteiger partial charge in [-0.1, -0.05) is 19.3 Å². The molecule has 2 N–H and O–H groups in total. The number of nitrogens with two attached hydrogens (primary N) is 1. The van der Waals surface area contributed by atoms with Crippen LogP contribution in [0.25, 0.3) is 0 Å². The first-order valence-electron chi connectivity index (χ1n) is 7.69. The third-order valence-corrected chi connectivity index (χ3v) is 5.93. The molecule has 2 aliphatic carbocycles. The Balaban J connectivity index is 1.60. The molecule has 3 nitrogen and oxygen atoms in total. The van der Waals surface area contributed by atoms with Crippen LogP contribution in [0.3, 0.4) is 0 Å². The molecular weight excluding hydrogens is 224 g/mol. The van der Waals surface area contributed by atoms with Crippen LogP contribution < -0.4 is 5.73 Å². The van der Waals surface area contributed by atoms with Crippen LogP contribution in [0.5, 0.6) is 0 Å². The first kappa shape index (κ1) is 12.5. The average Bonchev–Trinajstić information content (AvgIpc) is 2.78. The number of carbonyl (C=O) groups is 1. The Morgan fingerprint density at radius 3 is 2.00 bits per heavy atom. The summed E-state index contributed by atoms with van der Waals surface area (Å²) in [5.74, 6) is 0.365. The SMILES string of the molecule is NCC1(C(=O)N2CCC3(CCCC3)CC2)CCC1. The summed E-state index contributed by atoms with van der Waals surface area (Å²) in [4.78, 5) is 14.7. The van der Waals surface area contributed by atoms with E-state index in [9.17, 15) is 4.79 Å². The van der Waals surface area contributed by atoms with Crippen LogP contribution >= 0.6 is 0 Å². The molecule has 3 rings (SSSR count). The maximum atomic E-state index is 12.6. The van der Waals surface area contributed by atoms with Gasteiger partial charge in [-0.25, -0.2) is 0 Å². The van der Waals surface area contributed by atoms with Crippen LogP contribution in [0.1, 0.15) is 57.8 Å². The van der Waals surface area contributed by atoms with Gasteiger partial charge >= 0.3 is 0 Å². The van der Waals surface area contributed by atoms with Crippen molar-refractivity contribution in [3.8, 4) is 0 Å². The van der Waals surface area contributed by atoms with E-state index in [1.807, 2.05) is 0 Å². The van der Waals surface area contributed by atoms with Gasteiger partial charge in [0.25, 0.3) is 0 Å². The Labute approximate surface area is 110 Å². The van der Waals surface area contributed by atoms with Gasteiger partial charge in [0.2, 0.25) is 5.91 Å². The lowest BCUT2D eigenvalue weighted by molar-refractivity contribution is -0.149. The van der Waals surface area contributed by atoms with E-state index in [-0.39, 0.29) is 5.41 Å². The number of carbonyl (C=O) groups excluding carboxylic acids is 1. The molecule has 102 valence electrons. The van der Waals surface area contributed by atoms with E-state index < -0.39 is 0 Å². The van der Waals surface area contributed by atoms with Crippen LogP contribution in [0, 0.1) is 10.8 Å². The molecule has 0 atom stereocenters. The van der Waals surface area contributed by atoms with E-state index in [0.29, 0.717) is 17.9 Å². The van der Waals surface area contributed by atoms with Gasteiger partial charge in [0, 0.05) is 19.6 Å². The van der Waals surface area contributed by atoms with E-state index >= 15 is 0 Å². The third kappa shape index (κ3) is 1.87. The highest BCUT2D eigenvalue weighted by atomic mass is 16.2. The zero-order valence-corrected chi connectivity index (χ0v) is 11.4. The highest BCUT2D eigenvalue weighted by Crippen LogP contribution is 2.48. The molecule has 3 heteroatoms. The Kier molecular flexibility index (Phi) is 3.13. The predicted octanol–water partition coefficient (Wildman–Crippen LogP) is 2.30. The van der Waals surface area contributed by atoms with Gasteiger partial charge in [-0.2, -0.15) is 0 Å². The van der Waals surface area contributed by atoms with Gasteiger partial charge < -0.3 is 10.6 Å². The molecule has 1 heterocycles. The molecule has 0 aromatic heterocycles. The Morgan fingerprint density at radius 1 is 0.944 bits per heavy atom. The Morgan fingerprint density at radius 2 is 1.56 bits per heavy atom. The van der Waals surface area contributed by atoms with Crippen molar-refractivity contribution in [3.63, 3.8) is 0 Å². The largest absolute Gasteiger partial charge is 0.342 e. The number of hydrogen-bond donors (Lipinski definition) is 1. The number of likely N-dealkylation sites (tertiary alicyclic amines) is 1. The standard InChI is InChI=1S/C15H26N2O/c16-12-15(6-3-7-15)13(18)17-10-8-14(9-11-17)4-1-2-5-14/h1-12,16H2. The molecule has 1 amide bonds. The molecule has 0 unspecified atom stereocenters. The minimum Gasteiger partial charge on any atom is -0.342 e. The van der Waals surface area contributed by atoms with E-state index in [0.717, 1.165) is 25.9 Å². The minimum absolute atomic E-state index is 0.166. The van der Waals surface area contributed by atoms with Gasteiger partial charge in [0.15, 0.2) is 0 Å². The first-order valence-corrected chi connectivity index (χ1v) is 7.69. The summed E-state index contributed by atoms with van der Waals surface area (Å²) in [5, 5.41) is 0. The number of nitrogens with zero attached hydrogens (tertiary/aromatic N) is 1. The molecule has 0 aromatic rings. The third-order valence-electron chi connectivity index (χ3n) is 5.93. The fourth-order valence-corrected chi connectivity index (χ4v) is 4.25. The number of rotatable bonds is 2. The molecule has 3 aliphatic rings. The van der Waals surface area contributed by atoms with E-state index in [2.05, 4.69) is 4.90 Å². The van der Waals surface area contributed by atoms with Crippen molar-refractivity contribution in [1.82, 2.24) is 4.90 Å². The summed E-state index contributed by atoms with van der Waals surface area (Å²) < 4.78 is 0. The number of piperidine rings is 1. The van der Waals surface area contributed by atoms with Crippen LogP contribution in [-0.4, -0.2) is 30.4 Å². The van der Waals surface area contributed by atoms with Crippen molar-refractivity contribution < 1.29 is 4.79 Å². The molecule has 0 aromatic carbocycles. The Hall–Kier alpha value is -0.570. The molecule has 0 radical (unpaired) electrons. The lowest BCUT2D eigenvalue weighted by Crippen LogP contribution is -2.54. The highest BCUT2D eigenvalue weighted by Gasteiger charge is 2.47. The summed E-state index contributed by atoms with van der Waals surface area (Å²) >= 11 is 0. The van der Waals surface area contributed by atoms with Gasteiger partial charge in [0.05, 0.1) is 5.41 Å². The summed E-state index contributed by atoms with van der Waals surface area (Å²) in [5.41, 5.74) is 6.28. The van der Waals surface area contributed by atoms with Crippen LogP contribution in [-0.2, 0) is 4.79 Å². The average molecular weight is 250 g/mol. The molecule has 1 saturated heterocycles. The van der Waals surface area contributed by atoms with Crippen molar-refractivity contribution >= 4 is 5.91 Å². The second-order valence-electron chi connectivity index (χ2n) is 6.84. The molecule has 1 spiro atoms. The van der Waals surface area contributed by atoms with Crippen LogP contribution in [0.15, 0.2) is 0 Å². The maximum Gasteiger partial charge on any atom is 0.230 e. The summed E-state index contributed by atoms with van der Waals surface area (Å²) in [6, 6.07) is 0. The van der Waals surface area contributed by atoms with Crippen LogP contribution in [0.2, 0.25) is 0 Å². The maximum absolute atomic E-state index is 12.6. The molecular formula is C15H26N2O. The van der Waals surface area contributed by atoms with Crippen molar-refractivity contribution in [2.24, 2.45) is 16.6 Å². The quantitative estimate of drug-likeness (QED) is 0.817. The fourth-order valence-electron chi connectivity index (χ4n) is 4.25. The number of amides is 1. The van der Waals surface area contributed by atoms with Gasteiger partial charge in [-0.3, -0.25) is 4.79 Å². The van der Waals surface area contributed by atoms with E-state index in [1.165, 1.54) is 44.9 Å². The van der Waals surface area contributed by atoms with Gasteiger partial charge in [0.1, 0.15) is 0 Å². The summed E-state index contributed by atoms with van der Waals surface area (Å²) in [6.07, 6.45) is 11.3. The van der Waals surface area contributed by atoms with Crippen molar-refractivity contribution in [3.05, 3.63) is 0 Å². The monoisotopic (exact) mass is 250 g/mol. The lowest BCUT2D eigenvalue weighted by atomic mass is 9.67. The van der Waals surface area contributed by atoms with Crippen molar-refractivity contribution in [1.29, 1.82) is 0 Å². The first-order chi connectivity index (χ1) is 8.70. The summed E-state index contributed by atoms with van der Waals surface area (Å²) in [7, 11) is 0. The van der Waals surface area contributed by atoms with Gasteiger partial charge in [-0.05, 0) is 43.9 Å².